The summed E-state index contributed by atoms with van der Waals surface area (Å²) in [6.45, 7) is 6.00. The van der Waals surface area contributed by atoms with Crippen molar-refractivity contribution >= 4 is 17.3 Å². The molecule has 0 unspecified atom stereocenters. The van der Waals surface area contributed by atoms with Gasteiger partial charge in [-0.25, -0.2) is 4.39 Å². The standard InChI is InChI=1S/C13H18ClFN2/c1-10-8-13(11(14)9-12(10)15)16-4-7-17-5-2-3-6-17/h8-9,16H,2-7H2,1H3. The molecule has 1 aromatic rings. The van der Waals surface area contributed by atoms with Gasteiger partial charge in [0.25, 0.3) is 0 Å². The van der Waals surface area contributed by atoms with E-state index in [2.05, 4.69) is 10.2 Å². The summed E-state index contributed by atoms with van der Waals surface area (Å²) in [4.78, 5) is 2.43. The normalized spacial score (nSPS) is 16.4. The summed E-state index contributed by atoms with van der Waals surface area (Å²) in [5.41, 5.74) is 1.45. The van der Waals surface area contributed by atoms with Gasteiger partial charge >= 0.3 is 0 Å². The first-order valence-corrected chi connectivity index (χ1v) is 6.46. The van der Waals surface area contributed by atoms with Crippen LogP contribution in [0.15, 0.2) is 12.1 Å². The summed E-state index contributed by atoms with van der Waals surface area (Å²) in [7, 11) is 0. The Morgan fingerprint density at radius 3 is 2.76 bits per heavy atom. The van der Waals surface area contributed by atoms with Gasteiger partial charge in [-0.15, -0.1) is 0 Å². The first-order valence-electron chi connectivity index (χ1n) is 6.08. The summed E-state index contributed by atoms with van der Waals surface area (Å²) in [5, 5.41) is 3.72. The maximum absolute atomic E-state index is 13.2. The Balaban J connectivity index is 1.87. The molecule has 0 radical (unpaired) electrons. The van der Waals surface area contributed by atoms with E-state index in [1.54, 1.807) is 13.0 Å². The van der Waals surface area contributed by atoms with E-state index in [4.69, 9.17) is 11.6 Å². The molecule has 2 rings (SSSR count). The second kappa shape index (κ2) is 5.69. The van der Waals surface area contributed by atoms with E-state index in [1.807, 2.05) is 0 Å². The van der Waals surface area contributed by atoms with E-state index in [0.717, 1.165) is 18.8 Å². The molecule has 0 atom stereocenters. The van der Waals surface area contributed by atoms with Crippen molar-refractivity contribution < 1.29 is 4.39 Å². The monoisotopic (exact) mass is 256 g/mol. The van der Waals surface area contributed by atoms with Gasteiger partial charge in [0.1, 0.15) is 5.82 Å². The van der Waals surface area contributed by atoms with Gasteiger partial charge < -0.3 is 10.2 Å². The fourth-order valence-corrected chi connectivity index (χ4v) is 2.36. The highest BCUT2D eigenvalue weighted by molar-refractivity contribution is 6.33. The first-order chi connectivity index (χ1) is 8.16. The van der Waals surface area contributed by atoms with Crippen LogP contribution in [0.25, 0.3) is 0 Å². The number of nitrogens with zero attached hydrogens (tertiary/aromatic N) is 1. The third-order valence-corrected chi connectivity index (χ3v) is 3.50. The van der Waals surface area contributed by atoms with Gasteiger partial charge in [-0.2, -0.15) is 0 Å². The van der Waals surface area contributed by atoms with Crippen molar-refractivity contribution in [3.63, 3.8) is 0 Å². The molecule has 0 bridgehead atoms. The number of hydrogen-bond donors (Lipinski definition) is 1. The smallest absolute Gasteiger partial charge is 0.127 e. The third-order valence-electron chi connectivity index (χ3n) is 3.19. The molecule has 1 N–H and O–H groups in total. The summed E-state index contributed by atoms with van der Waals surface area (Å²) < 4.78 is 13.2. The number of aryl methyl sites for hydroxylation is 1. The maximum Gasteiger partial charge on any atom is 0.127 e. The first kappa shape index (κ1) is 12.7. The van der Waals surface area contributed by atoms with Crippen LogP contribution < -0.4 is 5.32 Å². The topological polar surface area (TPSA) is 15.3 Å². The van der Waals surface area contributed by atoms with Crippen LogP contribution in [0.4, 0.5) is 10.1 Å². The maximum atomic E-state index is 13.2. The predicted molar refractivity (Wildman–Crippen MR) is 70.3 cm³/mol. The van der Waals surface area contributed by atoms with Crippen LogP contribution in [0.3, 0.4) is 0 Å². The molecular weight excluding hydrogens is 239 g/mol. The lowest BCUT2D eigenvalue weighted by Gasteiger charge is -2.16. The molecule has 0 aliphatic carbocycles. The van der Waals surface area contributed by atoms with E-state index in [-0.39, 0.29) is 5.82 Å². The Morgan fingerprint density at radius 2 is 2.06 bits per heavy atom. The summed E-state index contributed by atoms with van der Waals surface area (Å²) in [6.07, 6.45) is 2.60. The highest BCUT2D eigenvalue weighted by atomic mass is 35.5. The lowest BCUT2D eigenvalue weighted by molar-refractivity contribution is 0.352. The highest BCUT2D eigenvalue weighted by Crippen LogP contribution is 2.24. The number of rotatable bonds is 4. The highest BCUT2D eigenvalue weighted by Gasteiger charge is 2.11. The van der Waals surface area contributed by atoms with Crippen molar-refractivity contribution in [2.75, 3.05) is 31.5 Å². The predicted octanol–water partition coefficient (Wildman–Crippen LogP) is 3.30. The van der Waals surface area contributed by atoms with E-state index in [1.165, 1.54) is 32.0 Å². The van der Waals surface area contributed by atoms with Gasteiger partial charge in [0.05, 0.1) is 10.7 Å². The minimum atomic E-state index is -0.250. The van der Waals surface area contributed by atoms with Crippen LogP contribution in [0.2, 0.25) is 5.02 Å². The quantitative estimate of drug-likeness (QED) is 0.889. The number of likely N-dealkylation sites (tertiary alicyclic amines) is 1. The van der Waals surface area contributed by atoms with Crippen LogP contribution >= 0.6 is 11.6 Å². The summed E-state index contributed by atoms with van der Waals surface area (Å²) in [5.74, 6) is -0.250. The number of anilines is 1. The molecule has 1 aliphatic rings. The lowest BCUT2D eigenvalue weighted by Crippen LogP contribution is -2.26. The van der Waals surface area contributed by atoms with E-state index < -0.39 is 0 Å². The average Bonchev–Trinajstić information content (AvgIpc) is 2.78. The molecular formula is C13H18ClFN2. The van der Waals surface area contributed by atoms with E-state index in [0.29, 0.717) is 10.6 Å². The van der Waals surface area contributed by atoms with Crippen molar-refractivity contribution in [3.8, 4) is 0 Å². The van der Waals surface area contributed by atoms with Gasteiger partial charge in [-0.05, 0) is 50.6 Å². The Morgan fingerprint density at radius 1 is 1.35 bits per heavy atom. The minimum absolute atomic E-state index is 0.250. The molecule has 1 aliphatic heterocycles. The van der Waals surface area contributed by atoms with Gasteiger partial charge in [0, 0.05) is 13.1 Å². The summed E-state index contributed by atoms with van der Waals surface area (Å²) >= 11 is 5.98. The molecule has 0 aromatic heterocycles. The number of halogens is 2. The van der Waals surface area contributed by atoms with Crippen molar-refractivity contribution in [3.05, 3.63) is 28.5 Å². The van der Waals surface area contributed by atoms with Crippen LogP contribution in [0.1, 0.15) is 18.4 Å². The molecule has 4 heteroatoms. The molecule has 1 fully saturated rings. The Hall–Kier alpha value is -0.800. The van der Waals surface area contributed by atoms with Crippen molar-refractivity contribution in [2.45, 2.75) is 19.8 Å². The van der Waals surface area contributed by atoms with Crippen LogP contribution in [0.5, 0.6) is 0 Å². The Kier molecular flexibility index (Phi) is 4.24. The van der Waals surface area contributed by atoms with Gasteiger partial charge in [0.2, 0.25) is 0 Å². The minimum Gasteiger partial charge on any atom is -0.383 e. The fraction of sp³-hybridized carbons (Fsp3) is 0.538. The molecule has 94 valence electrons. The van der Waals surface area contributed by atoms with Gasteiger partial charge in [0.15, 0.2) is 0 Å². The zero-order valence-corrected chi connectivity index (χ0v) is 10.9. The van der Waals surface area contributed by atoms with Crippen molar-refractivity contribution in [1.29, 1.82) is 0 Å². The van der Waals surface area contributed by atoms with Crippen LogP contribution in [0, 0.1) is 12.7 Å². The Labute approximate surface area is 107 Å². The van der Waals surface area contributed by atoms with Gasteiger partial charge in [-0.1, -0.05) is 11.6 Å². The molecule has 0 amide bonds. The SMILES string of the molecule is Cc1cc(NCCN2CCCC2)c(Cl)cc1F. The number of nitrogens with one attached hydrogen (secondary N) is 1. The second-order valence-electron chi connectivity index (χ2n) is 4.56. The molecule has 1 heterocycles. The average molecular weight is 257 g/mol. The fourth-order valence-electron chi connectivity index (χ4n) is 2.15. The number of hydrogen-bond acceptors (Lipinski definition) is 2. The molecule has 1 saturated heterocycles. The van der Waals surface area contributed by atoms with Crippen molar-refractivity contribution in [2.24, 2.45) is 0 Å². The second-order valence-corrected chi connectivity index (χ2v) is 4.96. The van der Waals surface area contributed by atoms with Crippen LogP contribution in [-0.4, -0.2) is 31.1 Å². The largest absolute Gasteiger partial charge is 0.383 e. The zero-order chi connectivity index (χ0) is 12.3. The molecule has 0 spiro atoms. The summed E-state index contributed by atoms with van der Waals surface area (Å²) in [6, 6.07) is 3.14. The third kappa shape index (κ3) is 3.33. The van der Waals surface area contributed by atoms with E-state index in [9.17, 15) is 4.39 Å². The molecule has 1 aromatic carbocycles. The Bertz CT molecular complexity index is 389. The molecule has 17 heavy (non-hydrogen) atoms. The lowest BCUT2D eigenvalue weighted by atomic mass is 10.2. The molecule has 0 saturated carbocycles. The zero-order valence-electron chi connectivity index (χ0n) is 10.1. The van der Waals surface area contributed by atoms with Gasteiger partial charge in [-0.3, -0.25) is 0 Å². The molecule has 2 nitrogen and oxygen atoms in total. The number of benzene rings is 1. The van der Waals surface area contributed by atoms with Crippen molar-refractivity contribution in [1.82, 2.24) is 4.90 Å². The van der Waals surface area contributed by atoms with Crippen LogP contribution in [-0.2, 0) is 0 Å². The van der Waals surface area contributed by atoms with E-state index >= 15 is 0 Å².